The Hall–Kier alpha value is -3.91. The summed E-state index contributed by atoms with van der Waals surface area (Å²) >= 11 is 0. The summed E-state index contributed by atoms with van der Waals surface area (Å²) in [7, 11) is -1.63. The monoisotopic (exact) mass is 533 g/mol. The van der Waals surface area contributed by atoms with E-state index in [1.807, 2.05) is 20.8 Å². The van der Waals surface area contributed by atoms with Gasteiger partial charge >= 0.3 is 6.09 Å². The molecule has 0 aliphatic carbocycles. The van der Waals surface area contributed by atoms with E-state index in [-0.39, 0.29) is 0 Å². The molecule has 1 aliphatic rings. The topological polar surface area (TPSA) is 134 Å². The van der Waals surface area contributed by atoms with Gasteiger partial charge in [0.2, 0.25) is 0 Å². The minimum absolute atomic E-state index is 0.373. The summed E-state index contributed by atoms with van der Waals surface area (Å²) in [6.45, 7) is 7.59. The van der Waals surface area contributed by atoms with Gasteiger partial charge in [-0.1, -0.05) is 0 Å². The number of aromatic nitrogens is 4. The second-order valence-corrected chi connectivity index (χ2v) is 11.4. The molecule has 198 valence electrons. The van der Waals surface area contributed by atoms with Crippen molar-refractivity contribution in [2.45, 2.75) is 61.8 Å². The van der Waals surface area contributed by atoms with E-state index in [0.717, 1.165) is 31.5 Å². The predicted octanol–water partition coefficient (Wildman–Crippen LogP) is 4.03. The molecule has 38 heavy (non-hydrogen) atoms. The molecule has 0 saturated carbocycles. The van der Waals surface area contributed by atoms with Crippen molar-refractivity contribution >= 4 is 22.7 Å². The van der Waals surface area contributed by atoms with Crippen LogP contribution in [-0.2, 0) is 22.0 Å². The maximum Gasteiger partial charge on any atom is 0.407 e. The Bertz CT molecular complexity index is 1340. The molecule has 0 spiro atoms. The molecule has 1 aliphatic heterocycles. The molecule has 4 rings (SSSR count). The third-order valence-corrected chi connectivity index (χ3v) is 7.24. The van der Waals surface area contributed by atoms with E-state index in [2.05, 4.69) is 36.5 Å². The average Bonchev–Trinajstić information content (AvgIpc) is 2.92. The molecule has 3 heterocycles. The third kappa shape index (κ3) is 7.10. The zero-order valence-electron chi connectivity index (χ0n) is 21.8. The number of hydrogen-bond acceptors (Lipinski definition) is 9. The van der Waals surface area contributed by atoms with E-state index in [1.54, 1.807) is 36.7 Å². The Labute approximate surface area is 224 Å². The van der Waals surface area contributed by atoms with Gasteiger partial charge in [0, 0.05) is 43.7 Å². The SMILES string of the molecule is CC(C)(C)OC(=O)NCCc1cnc(-c2ccc(C#N)cc2S(=O)c2cnnc(N3CCCCC3)c2)nc1. The molecule has 11 heteroatoms. The summed E-state index contributed by atoms with van der Waals surface area (Å²) in [5, 5.41) is 20.5. The van der Waals surface area contributed by atoms with Crippen molar-refractivity contribution in [3.63, 3.8) is 0 Å². The van der Waals surface area contributed by atoms with Crippen LogP contribution in [0.4, 0.5) is 10.6 Å². The minimum Gasteiger partial charge on any atom is -0.444 e. The molecule has 1 aromatic carbocycles. The highest BCUT2D eigenvalue weighted by Crippen LogP contribution is 2.29. The molecule has 1 unspecified atom stereocenters. The number of hydrogen-bond donors (Lipinski definition) is 1. The molecular formula is C27H31N7O3S. The Kier molecular flexibility index (Phi) is 8.63. The number of carbonyl (C=O) groups is 1. The molecule has 1 saturated heterocycles. The first-order chi connectivity index (χ1) is 18.2. The predicted molar refractivity (Wildman–Crippen MR) is 143 cm³/mol. The zero-order chi connectivity index (χ0) is 27.1. The van der Waals surface area contributed by atoms with Gasteiger partial charge in [-0.25, -0.2) is 19.0 Å². The summed E-state index contributed by atoms with van der Waals surface area (Å²) in [5.41, 5.74) is 1.22. The number of rotatable bonds is 7. The number of anilines is 1. The molecule has 1 amide bonds. The Morgan fingerprint density at radius 2 is 1.87 bits per heavy atom. The summed E-state index contributed by atoms with van der Waals surface area (Å²) in [6.07, 6.45) is 8.26. The molecule has 1 fully saturated rings. The first-order valence-corrected chi connectivity index (χ1v) is 13.7. The fourth-order valence-corrected chi connectivity index (χ4v) is 5.22. The minimum atomic E-state index is -1.63. The van der Waals surface area contributed by atoms with Crippen LogP contribution in [0.25, 0.3) is 11.4 Å². The van der Waals surface area contributed by atoms with Gasteiger partial charge in [0.15, 0.2) is 11.6 Å². The summed E-state index contributed by atoms with van der Waals surface area (Å²) < 4.78 is 19.0. The van der Waals surface area contributed by atoms with E-state index >= 15 is 0 Å². The Morgan fingerprint density at radius 1 is 1.13 bits per heavy atom. The lowest BCUT2D eigenvalue weighted by Crippen LogP contribution is -2.33. The molecular weight excluding hydrogens is 502 g/mol. The van der Waals surface area contributed by atoms with Crippen molar-refractivity contribution in [2.75, 3.05) is 24.5 Å². The van der Waals surface area contributed by atoms with Crippen LogP contribution in [0.2, 0.25) is 0 Å². The number of nitrogens with one attached hydrogen (secondary N) is 1. The van der Waals surface area contributed by atoms with Crippen LogP contribution in [0, 0.1) is 11.3 Å². The van der Waals surface area contributed by atoms with Gasteiger partial charge in [-0.15, -0.1) is 5.10 Å². The number of alkyl carbamates (subject to hydrolysis) is 1. The highest BCUT2D eigenvalue weighted by atomic mass is 32.2. The molecule has 3 aromatic rings. The lowest BCUT2D eigenvalue weighted by Gasteiger charge is -2.27. The van der Waals surface area contributed by atoms with Gasteiger partial charge in [0.1, 0.15) is 5.60 Å². The first kappa shape index (κ1) is 27.1. The fraction of sp³-hybridized carbons (Fsp3) is 0.407. The van der Waals surface area contributed by atoms with Crippen molar-refractivity contribution in [1.82, 2.24) is 25.5 Å². The van der Waals surface area contributed by atoms with Gasteiger partial charge in [-0.05, 0) is 70.2 Å². The molecule has 1 atom stereocenters. The lowest BCUT2D eigenvalue weighted by molar-refractivity contribution is 0.0528. The van der Waals surface area contributed by atoms with Crippen LogP contribution < -0.4 is 10.2 Å². The summed E-state index contributed by atoms with van der Waals surface area (Å²) in [5.74, 6) is 1.09. The Balaban J connectivity index is 1.52. The van der Waals surface area contributed by atoms with Gasteiger partial charge in [-0.3, -0.25) is 0 Å². The average molecular weight is 534 g/mol. The van der Waals surface area contributed by atoms with Crippen molar-refractivity contribution in [3.8, 4) is 17.5 Å². The lowest BCUT2D eigenvalue weighted by atomic mass is 10.1. The number of nitriles is 1. The maximum absolute atomic E-state index is 13.7. The summed E-state index contributed by atoms with van der Waals surface area (Å²) in [4.78, 5) is 23.9. The van der Waals surface area contributed by atoms with Crippen LogP contribution in [0.3, 0.4) is 0 Å². The van der Waals surface area contributed by atoms with E-state index in [0.29, 0.717) is 45.5 Å². The van der Waals surface area contributed by atoms with Crippen molar-refractivity contribution < 1.29 is 13.7 Å². The molecule has 0 radical (unpaired) electrons. The van der Waals surface area contributed by atoms with E-state index < -0.39 is 22.5 Å². The van der Waals surface area contributed by atoms with E-state index in [4.69, 9.17) is 4.74 Å². The summed E-state index contributed by atoms with van der Waals surface area (Å²) in [6, 6.07) is 8.89. The van der Waals surface area contributed by atoms with Crippen molar-refractivity contribution in [1.29, 1.82) is 5.26 Å². The van der Waals surface area contributed by atoms with Crippen LogP contribution in [0.5, 0.6) is 0 Å². The number of amides is 1. The highest BCUT2D eigenvalue weighted by Gasteiger charge is 2.20. The normalized spacial score (nSPS) is 14.4. The first-order valence-electron chi connectivity index (χ1n) is 12.6. The van der Waals surface area contributed by atoms with Gasteiger partial charge in [-0.2, -0.15) is 10.4 Å². The van der Waals surface area contributed by atoms with Crippen molar-refractivity contribution in [3.05, 3.63) is 54.0 Å². The van der Waals surface area contributed by atoms with E-state index in [9.17, 15) is 14.3 Å². The highest BCUT2D eigenvalue weighted by molar-refractivity contribution is 7.85. The van der Waals surface area contributed by atoms with Crippen LogP contribution >= 0.6 is 0 Å². The zero-order valence-corrected chi connectivity index (χ0v) is 22.6. The molecule has 1 N–H and O–H groups in total. The standard InChI is InChI=1S/C27H31N7O3S/c1-27(2,3)37-26(35)29-10-9-20-16-30-25(31-17-20)22-8-7-19(15-28)13-23(22)38(36)21-14-24(33-32-18-21)34-11-5-4-6-12-34/h7-8,13-14,16-18H,4-6,9-12H2,1-3H3,(H,29,35). The molecule has 2 aromatic heterocycles. The quantitative estimate of drug-likeness (QED) is 0.478. The number of ether oxygens (including phenoxy) is 1. The van der Waals surface area contributed by atoms with Gasteiger partial charge in [0.05, 0.1) is 38.4 Å². The molecule has 10 nitrogen and oxygen atoms in total. The number of benzene rings is 1. The van der Waals surface area contributed by atoms with E-state index in [1.165, 1.54) is 12.6 Å². The second-order valence-electron chi connectivity index (χ2n) is 9.98. The van der Waals surface area contributed by atoms with Gasteiger partial charge < -0.3 is 15.0 Å². The maximum atomic E-state index is 13.7. The molecule has 0 bridgehead atoms. The fourth-order valence-electron chi connectivity index (χ4n) is 4.02. The van der Waals surface area contributed by atoms with Gasteiger partial charge in [0.25, 0.3) is 0 Å². The second kappa shape index (κ2) is 12.1. The number of carbonyl (C=O) groups excluding carboxylic acids is 1. The Morgan fingerprint density at radius 3 is 2.55 bits per heavy atom. The smallest absolute Gasteiger partial charge is 0.407 e. The van der Waals surface area contributed by atoms with Crippen LogP contribution in [0.1, 0.15) is 51.2 Å². The largest absolute Gasteiger partial charge is 0.444 e. The number of nitrogens with zero attached hydrogens (tertiary/aromatic N) is 6. The van der Waals surface area contributed by atoms with Crippen LogP contribution in [0.15, 0.2) is 52.6 Å². The third-order valence-electron chi connectivity index (χ3n) is 5.85. The van der Waals surface area contributed by atoms with Crippen LogP contribution in [-0.4, -0.2) is 55.7 Å². The number of piperidine rings is 1. The van der Waals surface area contributed by atoms with Crippen molar-refractivity contribution in [2.24, 2.45) is 0 Å².